The summed E-state index contributed by atoms with van der Waals surface area (Å²) in [7, 11) is 0. The van der Waals surface area contributed by atoms with Gasteiger partial charge in [0.1, 0.15) is 0 Å². The monoisotopic (exact) mass is 973 g/mol. The molecular weight excluding hydrogens is 862 g/mol. The van der Waals surface area contributed by atoms with Crippen molar-refractivity contribution in [2.45, 2.75) is 329 Å². The molecule has 6 nitrogen and oxygen atoms in total. The van der Waals surface area contributed by atoms with Gasteiger partial charge in [0.25, 0.3) is 0 Å². The van der Waals surface area contributed by atoms with E-state index < -0.39 is 17.9 Å². The van der Waals surface area contributed by atoms with E-state index in [1.807, 2.05) is 0 Å². The number of carboxylic acid groups (broad SMARTS) is 3. The van der Waals surface area contributed by atoms with Crippen molar-refractivity contribution in [3.05, 3.63) is 36.5 Å². The Kier molecular flexibility index (Phi) is 73.9. The van der Waals surface area contributed by atoms with Gasteiger partial charge in [-0.1, -0.05) is 250 Å². The van der Waals surface area contributed by atoms with Crippen molar-refractivity contribution in [2.24, 2.45) is 0 Å². The predicted molar refractivity (Wildman–Crippen MR) is 281 cm³/mol. The van der Waals surface area contributed by atoms with Crippen molar-refractivity contribution in [2.75, 3.05) is 0 Å². The molecule has 0 aromatic rings. The molecule has 0 bridgehead atoms. The van der Waals surface area contributed by atoms with Gasteiger partial charge in [0.2, 0.25) is 0 Å². The second kappa shape index (κ2) is 68.8. The third-order valence-corrected chi connectivity index (χ3v) is 12.4. The van der Waals surface area contributed by atoms with Gasteiger partial charge in [-0.05, 0) is 116 Å². The number of hydrogen-bond acceptors (Lipinski definition) is 6. The molecule has 0 heterocycles. The van der Waals surface area contributed by atoms with Crippen molar-refractivity contribution in [3.8, 4) is 0 Å². The largest absolute Gasteiger partial charge is 3.00 e. The van der Waals surface area contributed by atoms with E-state index >= 15 is 0 Å². The number of hydrogen-bond donors (Lipinski definition) is 0. The molecule has 0 N–H and O–H groups in total. The molecule has 390 valence electrons. The third kappa shape index (κ3) is 81.8. The first-order valence-electron chi connectivity index (χ1n) is 28.9. The SMILES string of the molecule is CCCCCCCCCC/C=C\CCCCCCCC(=O)[O-].CCCCCCCCCC/C=C\CCCCCCCC(=O)[O-].CCCCCCCCCC/C=C\CCCCCCCC(=O)[O-].[Sc+3]. The van der Waals surface area contributed by atoms with E-state index in [4.69, 9.17) is 0 Å². The molecule has 0 aromatic carbocycles. The number of aliphatic carboxylic acids is 3. The Morgan fingerprint density at radius 3 is 0.522 bits per heavy atom. The zero-order valence-corrected chi connectivity index (χ0v) is 46.7. The Morgan fingerprint density at radius 1 is 0.239 bits per heavy atom. The molecule has 0 amide bonds. The molecule has 0 aromatic heterocycles. The van der Waals surface area contributed by atoms with Crippen LogP contribution in [0.15, 0.2) is 36.5 Å². The van der Waals surface area contributed by atoms with Crippen LogP contribution in [0.3, 0.4) is 0 Å². The van der Waals surface area contributed by atoms with E-state index in [0.717, 1.165) is 57.8 Å². The second-order valence-electron chi connectivity index (χ2n) is 19.2. The van der Waals surface area contributed by atoms with Crippen LogP contribution in [0, 0.1) is 0 Å². The molecule has 67 heavy (non-hydrogen) atoms. The Morgan fingerprint density at radius 2 is 0.373 bits per heavy atom. The summed E-state index contributed by atoms with van der Waals surface area (Å²) in [4.78, 5) is 30.7. The normalized spacial score (nSPS) is 11.1. The van der Waals surface area contributed by atoms with Gasteiger partial charge in [0.15, 0.2) is 0 Å². The Labute approximate surface area is 436 Å². The van der Waals surface area contributed by atoms with Crippen LogP contribution in [0.1, 0.15) is 329 Å². The first kappa shape index (κ1) is 72.0. The minimum absolute atomic E-state index is 0. The maximum atomic E-state index is 10.2. The first-order valence-corrected chi connectivity index (χ1v) is 28.9. The van der Waals surface area contributed by atoms with Gasteiger partial charge in [-0.2, -0.15) is 0 Å². The maximum absolute atomic E-state index is 10.2. The smallest absolute Gasteiger partial charge is 0.550 e. The quantitative estimate of drug-likeness (QED) is 0.0442. The van der Waals surface area contributed by atoms with E-state index in [0.29, 0.717) is 0 Å². The fourth-order valence-electron chi connectivity index (χ4n) is 8.08. The number of carbonyl (C=O) groups is 3. The van der Waals surface area contributed by atoms with Gasteiger partial charge in [0, 0.05) is 17.9 Å². The predicted octanol–water partition coefficient (Wildman–Crippen LogP) is 16.7. The van der Waals surface area contributed by atoms with Crippen LogP contribution in [0.25, 0.3) is 0 Å². The third-order valence-electron chi connectivity index (χ3n) is 12.4. The zero-order chi connectivity index (χ0) is 48.9. The number of unbranched alkanes of at least 4 members (excludes halogenated alkanes) is 39. The van der Waals surface area contributed by atoms with Crippen LogP contribution in [-0.2, 0) is 40.2 Å². The Balaban J connectivity index is -0.000000441. The Hall–Kier alpha value is -1.50. The molecule has 0 fully saturated rings. The molecule has 0 aliphatic heterocycles. The molecule has 0 aliphatic carbocycles. The van der Waals surface area contributed by atoms with Crippen LogP contribution < -0.4 is 15.3 Å². The van der Waals surface area contributed by atoms with Crippen LogP contribution in [-0.4, -0.2) is 17.9 Å². The average molecular weight is 973 g/mol. The topological polar surface area (TPSA) is 120 Å². The summed E-state index contributed by atoms with van der Waals surface area (Å²) in [5, 5.41) is 30.7. The summed E-state index contributed by atoms with van der Waals surface area (Å²) < 4.78 is 0. The van der Waals surface area contributed by atoms with Crippen molar-refractivity contribution < 1.29 is 55.5 Å². The van der Waals surface area contributed by atoms with E-state index in [9.17, 15) is 29.7 Å². The first-order chi connectivity index (χ1) is 32.3. The van der Waals surface area contributed by atoms with Crippen LogP contribution in [0.5, 0.6) is 0 Å². The van der Waals surface area contributed by atoms with Gasteiger partial charge >= 0.3 is 25.8 Å². The summed E-state index contributed by atoms with van der Waals surface area (Å²) in [6.07, 6.45) is 71.5. The van der Waals surface area contributed by atoms with Gasteiger partial charge in [-0.25, -0.2) is 0 Å². The van der Waals surface area contributed by atoms with Crippen molar-refractivity contribution >= 4 is 17.9 Å². The fourth-order valence-corrected chi connectivity index (χ4v) is 8.08. The molecule has 0 atom stereocenters. The van der Waals surface area contributed by atoms with E-state index in [1.54, 1.807) is 0 Å². The van der Waals surface area contributed by atoms with Crippen LogP contribution in [0.4, 0.5) is 0 Å². The van der Waals surface area contributed by atoms with Gasteiger partial charge in [0.05, 0.1) is 0 Å². The molecule has 0 aliphatic rings. The molecule has 0 unspecified atom stereocenters. The van der Waals surface area contributed by atoms with Gasteiger partial charge < -0.3 is 29.7 Å². The van der Waals surface area contributed by atoms with Crippen LogP contribution >= 0.6 is 0 Å². The summed E-state index contributed by atoms with van der Waals surface area (Å²) in [6, 6.07) is 0. The standard InChI is InChI=1S/3C20H38O2.Sc/c3*1-2-3-4-5-6-7-8-9-10-11-12-13-14-15-16-17-18-19-20(21)22;/h3*11-12H,2-10,13-19H2,1H3,(H,21,22);/q;;;+3/p-3/b3*12-11-;. The minimum Gasteiger partial charge on any atom is -0.550 e. The number of rotatable bonds is 51. The van der Waals surface area contributed by atoms with Crippen molar-refractivity contribution in [3.63, 3.8) is 0 Å². The summed E-state index contributed by atoms with van der Waals surface area (Å²) >= 11 is 0. The average Bonchev–Trinajstić information content (AvgIpc) is 3.29. The second-order valence-corrected chi connectivity index (χ2v) is 19.2. The zero-order valence-electron chi connectivity index (χ0n) is 44.9. The summed E-state index contributed by atoms with van der Waals surface area (Å²) in [5.41, 5.74) is 0. The molecule has 0 rings (SSSR count). The summed E-state index contributed by atoms with van der Waals surface area (Å²) in [5.74, 6) is -2.74. The molecular formula is C60H111O6Sc. The fraction of sp³-hybridized carbons (Fsp3) is 0.850. The van der Waals surface area contributed by atoms with E-state index in [-0.39, 0.29) is 45.1 Å². The summed E-state index contributed by atoms with van der Waals surface area (Å²) in [6.45, 7) is 6.80. The van der Waals surface area contributed by atoms with E-state index in [2.05, 4.69) is 57.2 Å². The molecule has 0 saturated heterocycles. The van der Waals surface area contributed by atoms with Gasteiger partial charge in [-0.15, -0.1) is 0 Å². The molecule has 7 heteroatoms. The molecule has 0 radical (unpaired) electrons. The van der Waals surface area contributed by atoms with Crippen LogP contribution in [0.2, 0.25) is 0 Å². The Bertz CT molecular complexity index is 911. The van der Waals surface area contributed by atoms with E-state index in [1.165, 1.54) is 231 Å². The number of carbonyl (C=O) groups excluding carboxylic acids is 3. The van der Waals surface area contributed by atoms with Crippen molar-refractivity contribution in [1.29, 1.82) is 0 Å². The maximum Gasteiger partial charge on any atom is 3.00 e. The number of carboxylic acids is 3. The minimum atomic E-state index is -0.913. The number of allylic oxidation sites excluding steroid dienone is 6. The molecule has 0 spiro atoms. The van der Waals surface area contributed by atoms with Gasteiger partial charge in [-0.3, -0.25) is 0 Å². The molecule has 0 saturated carbocycles. The van der Waals surface area contributed by atoms with Crippen molar-refractivity contribution in [1.82, 2.24) is 0 Å².